The third-order valence-electron chi connectivity index (χ3n) is 3.33. The summed E-state index contributed by atoms with van der Waals surface area (Å²) in [5.74, 6) is 1.00. The zero-order valence-corrected chi connectivity index (χ0v) is 9.64. The van der Waals surface area contributed by atoms with Crippen LogP contribution in [0.1, 0.15) is 28.8 Å². The van der Waals surface area contributed by atoms with Crippen LogP contribution in [0.25, 0.3) is 0 Å². The number of hydrogen-bond donors (Lipinski definition) is 0. The van der Waals surface area contributed by atoms with Crippen LogP contribution >= 0.6 is 0 Å². The fourth-order valence-electron chi connectivity index (χ4n) is 2.26. The topological polar surface area (TPSA) is 65.0 Å². The van der Waals surface area contributed by atoms with Gasteiger partial charge in [0.1, 0.15) is 18.8 Å². The van der Waals surface area contributed by atoms with E-state index in [0.717, 1.165) is 24.7 Å². The minimum atomic E-state index is -0.520. The highest BCUT2D eigenvalue weighted by Gasteiger charge is 2.48. The first kappa shape index (κ1) is 11.0. The molecule has 0 N–H and O–H groups in total. The van der Waals surface area contributed by atoms with Crippen LogP contribution in [0.2, 0.25) is 0 Å². The molecule has 0 aromatic heterocycles. The number of carbonyl (C=O) groups is 1. The number of hydrogen-bond acceptors (Lipinski definition) is 5. The van der Waals surface area contributed by atoms with Gasteiger partial charge in [-0.3, -0.25) is 4.79 Å². The highest BCUT2D eigenvalue weighted by molar-refractivity contribution is 5.82. The van der Waals surface area contributed by atoms with Crippen molar-refractivity contribution < 1.29 is 19.1 Å². The smallest absolute Gasteiger partial charge is 0.235 e. The Morgan fingerprint density at radius 2 is 1.94 bits per heavy atom. The molecule has 92 valence electrons. The molecule has 0 spiro atoms. The van der Waals surface area contributed by atoms with Crippen LogP contribution in [0.3, 0.4) is 0 Å². The third-order valence-corrected chi connectivity index (χ3v) is 3.33. The molecular weight excluding hydrogens is 234 g/mol. The fraction of sp³-hybridized carbons (Fsp3) is 0.385. The van der Waals surface area contributed by atoms with Gasteiger partial charge < -0.3 is 9.47 Å². The van der Waals surface area contributed by atoms with Gasteiger partial charge >= 0.3 is 0 Å². The van der Waals surface area contributed by atoms with Crippen molar-refractivity contribution in [2.24, 2.45) is 4.99 Å². The summed E-state index contributed by atoms with van der Waals surface area (Å²) in [7, 11) is 0. The number of isocyanates is 1. The van der Waals surface area contributed by atoms with Gasteiger partial charge in [-0.2, -0.15) is 4.99 Å². The first-order valence-electron chi connectivity index (χ1n) is 5.78. The molecule has 1 aromatic rings. The van der Waals surface area contributed by atoms with Crippen LogP contribution in [0.5, 0.6) is 11.5 Å². The van der Waals surface area contributed by atoms with Crippen molar-refractivity contribution in [2.75, 3.05) is 13.2 Å². The summed E-state index contributed by atoms with van der Waals surface area (Å²) in [6.07, 6.45) is 3.93. The number of nitrogens with zero attached hydrogens (tertiary/aromatic N) is 1. The Morgan fingerprint density at radius 1 is 1.22 bits per heavy atom. The van der Waals surface area contributed by atoms with Crippen LogP contribution in [0.15, 0.2) is 17.1 Å². The summed E-state index contributed by atoms with van der Waals surface area (Å²) >= 11 is 0. The Morgan fingerprint density at radius 3 is 2.56 bits per heavy atom. The van der Waals surface area contributed by atoms with E-state index in [-0.39, 0.29) is 0 Å². The van der Waals surface area contributed by atoms with E-state index in [1.165, 1.54) is 0 Å². The van der Waals surface area contributed by atoms with Crippen LogP contribution in [-0.4, -0.2) is 25.6 Å². The Kier molecular flexibility index (Phi) is 2.42. The zero-order valence-electron chi connectivity index (χ0n) is 9.64. The first-order valence-corrected chi connectivity index (χ1v) is 5.78. The molecule has 1 fully saturated rings. The van der Waals surface area contributed by atoms with Crippen LogP contribution in [0, 0.1) is 0 Å². The molecule has 0 saturated heterocycles. The number of aliphatic imine (C=N–C) groups is 1. The van der Waals surface area contributed by atoms with E-state index in [2.05, 4.69) is 4.99 Å². The third kappa shape index (κ3) is 1.52. The van der Waals surface area contributed by atoms with Crippen molar-refractivity contribution in [3.05, 3.63) is 23.3 Å². The Labute approximate surface area is 103 Å². The van der Waals surface area contributed by atoms with Gasteiger partial charge in [0.25, 0.3) is 0 Å². The molecule has 18 heavy (non-hydrogen) atoms. The number of aldehydes is 1. The predicted octanol–water partition coefficient (Wildman–Crippen LogP) is 1.60. The van der Waals surface area contributed by atoms with Gasteiger partial charge in [-0.15, -0.1) is 0 Å². The van der Waals surface area contributed by atoms with Crippen LogP contribution in [0.4, 0.5) is 0 Å². The maximum atomic E-state index is 11.0. The van der Waals surface area contributed by atoms with Gasteiger partial charge in [0.05, 0.1) is 5.56 Å². The van der Waals surface area contributed by atoms with Crippen LogP contribution in [-0.2, 0) is 10.3 Å². The monoisotopic (exact) mass is 245 g/mol. The fourth-order valence-corrected chi connectivity index (χ4v) is 2.26. The summed E-state index contributed by atoms with van der Waals surface area (Å²) in [6.45, 7) is 0.852. The number of rotatable bonds is 3. The first-order chi connectivity index (χ1) is 8.80. The normalized spacial score (nSPS) is 18.7. The largest absolute Gasteiger partial charge is 0.486 e. The predicted molar refractivity (Wildman–Crippen MR) is 61.9 cm³/mol. The Balaban J connectivity index is 2.17. The van der Waals surface area contributed by atoms with Crippen molar-refractivity contribution in [3.8, 4) is 11.5 Å². The van der Waals surface area contributed by atoms with Gasteiger partial charge in [0, 0.05) is 5.56 Å². The number of fused-ring (bicyclic) bond motifs is 1. The van der Waals surface area contributed by atoms with E-state index in [4.69, 9.17) is 9.47 Å². The summed E-state index contributed by atoms with van der Waals surface area (Å²) in [4.78, 5) is 25.3. The lowest BCUT2D eigenvalue weighted by atomic mass is 10.0. The lowest BCUT2D eigenvalue weighted by Crippen LogP contribution is -2.19. The van der Waals surface area contributed by atoms with E-state index >= 15 is 0 Å². The molecule has 1 heterocycles. The quantitative estimate of drug-likeness (QED) is 0.461. The molecule has 0 bridgehead atoms. The molecule has 5 heteroatoms. The van der Waals surface area contributed by atoms with Crippen molar-refractivity contribution in [2.45, 2.75) is 18.4 Å². The number of benzene rings is 1. The molecule has 1 aromatic carbocycles. The molecule has 0 amide bonds. The van der Waals surface area contributed by atoms with Crippen molar-refractivity contribution >= 4 is 12.4 Å². The highest BCUT2D eigenvalue weighted by Crippen LogP contribution is 2.55. The van der Waals surface area contributed by atoms with Gasteiger partial charge in [0.15, 0.2) is 17.8 Å². The second kappa shape index (κ2) is 3.96. The van der Waals surface area contributed by atoms with E-state index in [9.17, 15) is 9.59 Å². The van der Waals surface area contributed by atoms with E-state index < -0.39 is 5.54 Å². The Hall–Kier alpha value is -2.13. The lowest BCUT2D eigenvalue weighted by Gasteiger charge is -2.24. The molecule has 0 atom stereocenters. The standard InChI is InChI=1S/C13H11NO4/c15-7-9-1-2-10(13(3-4-13)14-8-16)12-11(9)17-5-6-18-12/h1-2,7H,3-6H2. The van der Waals surface area contributed by atoms with E-state index in [1.807, 2.05) is 0 Å². The molecule has 1 saturated carbocycles. The SMILES string of the molecule is O=C=NC1(c2ccc(C=O)c3c2OCCO3)CC1. The van der Waals surface area contributed by atoms with Gasteiger partial charge in [0.2, 0.25) is 6.08 Å². The summed E-state index contributed by atoms with van der Waals surface area (Å²) in [6, 6.07) is 3.46. The number of ether oxygens (including phenoxy) is 2. The van der Waals surface area contributed by atoms with Gasteiger partial charge in [-0.1, -0.05) is 6.07 Å². The van der Waals surface area contributed by atoms with E-state index in [1.54, 1.807) is 18.2 Å². The molecular formula is C13H11NO4. The molecule has 0 radical (unpaired) electrons. The van der Waals surface area contributed by atoms with Crippen LogP contribution < -0.4 is 9.47 Å². The lowest BCUT2D eigenvalue weighted by molar-refractivity contribution is 0.111. The van der Waals surface area contributed by atoms with Gasteiger partial charge in [-0.25, -0.2) is 4.79 Å². The second-order valence-electron chi connectivity index (χ2n) is 4.41. The minimum Gasteiger partial charge on any atom is -0.486 e. The number of carbonyl (C=O) groups excluding carboxylic acids is 2. The highest BCUT2D eigenvalue weighted by atomic mass is 16.6. The summed E-state index contributed by atoms with van der Waals surface area (Å²) < 4.78 is 11.1. The van der Waals surface area contributed by atoms with Crippen molar-refractivity contribution in [1.29, 1.82) is 0 Å². The van der Waals surface area contributed by atoms with Gasteiger partial charge in [-0.05, 0) is 18.9 Å². The maximum Gasteiger partial charge on any atom is 0.235 e. The average Bonchev–Trinajstić information content (AvgIpc) is 3.18. The summed E-state index contributed by atoms with van der Waals surface area (Å²) in [5.41, 5.74) is 0.749. The molecule has 1 aliphatic heterocycles. The minimum absolute atomic E-state index is 0.418. The molecule has 5 nitrogen and oxygen atoms in total. The zero-order chi connectivity index (χ0) is 12.6. The molecule has 3 rings (SSSR count). The second-order valence-corrected chi connectivity index (χ2v) is 4.41. The molecule has 2 aliphatic rings. The maximum absolute atomic E-state index is 11.0. The van der Waals surface area contributed by atoms with E-state index in [0.29, 0.717) is 30.3 Å². The Bertz CT molecular complexity index is 556. The summed E-state index contributed by atoms with van der Waals surface area (Å²) in [5, 5.41) is 0. The average molecular weight is 245 g/mol. The van der Waals surface area contributed by atoms with Crippen molar-refractivity contribution in [3.63, 3.8) is 0 Å². The van der Waals surface area contributed by atoms with Crippen molar-refractivity contribution in [1.82, 2.24) is 0 Å². The molecule has 0 unspecified atom stereocenters. The molecule has 1 aliphatic carbocycles.